The molecule has 1 aliphatic rings. The fourth-order valence-corrected chi connectivity index (χ4v) is 5.36. The van der Waals surface area contributed by atoms with Gasteiger partial charge in [0, 0.05) is 29.5 Å². The van der Waals surface area contributed by atoms with Crippen LogP contribution in [0.15, 0.2) is 27.3 Å². The second-order valence-corrected chi connectivity index (χ2v) is 9.27. The van der Waals surface area contributed by atoms with Crippen molar-refractivity contribution in [2.45, 2.75) is 58.2 Å². The molecule has 0 amide bonds. The van der Waals surface area contributed by atoms with E-state index in [1.807, 2.05) is 6.07 Å². The van der Waals surface area contributed by atoms with Crippen LogP contribution in [-0.2, 0) is 13.1 Å². The van der Waals surface area contributed by atoms with E-state index in [0.29, 0.717) is 25.0 Å². The third kappa shape index (κ3) is 5.58. The van der Waals surface area contributed by atoms with Gasteiger partial charge in [0.25, 0.3) is 0 Å². The topological polar surface area (TPSA) is 73.4 Å². The SMILES string of the molecule is Cc1ncc([N+](=O)[O-])n1CCOc1c(Br)cc(Br)cc1CN(C)C1CCCCC1. The number of aromatic nitrogens is 2. The molecule has 158 valence electrons. The third-order valence-electron chi connectivity index (χ3n) is 5.49. The van der Waals surface area contributed by atoms with Gasteiger partial charge in [0.15, 0.2) is 5.82 Å². The maximum Gasteiger partial charge on any atom is 0.342 e. The Morgan fingerprint density at radius 2 is 2.03 bits per heavy atom. The Balaban J connectivity index is 1.72. The zero-order valence-electron chi connectivity index (χ0n) is 16.7. The molecule has 1 aliphatic carbocycles. The van der Waals surface area contributed by atoms with E-state index >= 15 is 0 Å². The minimum Gasteiger partial charge on any atom is -0.488 e. The highest BCUT2D eigenvalue weighted by Crippen LogP contribution is 2.35. The average Bonchev–Trinajstić information content (AvgIpc) is 3.05. The molecule has 1 aromatic carbocycles. The van der Waals surface area contributed by atoms with Gasteiger partial charge in [-0.25, -0.2) is 9.55 Å². The van der Waals surface area contributed by atoms with Gasteiger partial charge in [0.2, 0.25) is 0 Å². The van der Waals surface area contributed by atoms with Crippen LogP contribution >= 0.6 is 31.9 Å². The van der Waals surface area contributed by atoms with E-state index in [-0.39, 0.29) is 5.82 Å². The molecule has 3 rings (SSSR count). The molecule has 9 heteroatoms. The Morgan fingerprint density at radius 3 is 2.72 bits per heavy atom. The van der Waals surface area contributed by atoms with Gasteiger partial charge < -0.3 is 14.9 Å². The first-order valence-electron chi connectivity index (χ1n) is 9.84. The van der Waals surface area contributed by atoms with Crippen LogP contribution in [0.25, 0.3) is 0 Å². The zero-order valence-corrected chi connectivity index (χ0v) is 19.9. The van der Waals surface area contributed by atoms with Gasteiger partial charge in [-0.1, -0.05) is 35.2 Å². The molecule has 0 bridgehead atoms. The molecule has 0 aliphatic heterocycles. The Bertz CT molecular complexity index is 866. The summed E-state index contributed by atoms with van der Waals surface area (Å²) in [7, 11) is 2.17. The molecule has 7 nitrogen and oxygen atoms in total. The third-order valence-corrected chi connectivity index (χ3v) is 6.53. The summed E-state index contributed by atoms with van der Waals surface area (Å²) in [5, 5.41) is 11.2. The van der Waals surface area contributed by atoms with Crippen molar-refractivity contribution < 1.29 is 9.66 Å². The highest BCUT2D eigenvalue weighted by Gasteiger charge is 2.21. The number of nitro groups is 1. The van der Waals surface area contributed by atoms with Crippen LogP contribution in [0, 0.1) is 17.0 Å². The number of hydrogen-bond donors (Lipinski definition) is 0. The van der Waals surface area contributed by atoms with Crippen molar-refractivity contribution >= 4 is 37.7 Å². The van der Waals surface area contributed by atoms with E-state index in [1.165, 1.54) is 38.3 Å². The van der Waals surface area contributed by atoms with Crippen LogP contribution in [0.2, 0.25) is 0 Å². The largest absolute Gasteiger partial charge is 0.488 e. The summed E-state index contributed by atoms with van der Waals surface area (Å²) in [5.74, 6) is 1.38. The molecule has 1 heterocycles. The first-order valence-corrected chi connectivity index (χ1v) is 11.4. The molecule has 1 aromatic heterocycles. The second kappa shape index (κ2) is 10.0. The van der Waals surface area contributed by atoms with Crippen molar-refractivity contribution in [1.29, 1.82) is 0 Å². The molecule has 1 fully saturated rings. The van der Waals surface area contributed by atoms with Gasteiger partial charge >= 0.3 is 5.82 Å². The maximum absolute atomic E-state index is 11.2. The normalized spacial score (nSPS) is 15.1. The Hall–Kier alpha value is -1.45. The van der Waals surface area contributed by atoms with E-state index in [4.69, 9.17) is 4.74 Å². The summed E-state index contributed by atoms with van der Waals surface area (Å²) in [6.07, 6.45) is 7.69. The molecule has 0 saturated heterocycles. The summed E-state index contributed by atoms with van der Waals surface area (Å²) in [6.45, 7) is 3.23. The maximum atomic E-state index is 11.2. The second-order valence-electron chi connectivity index (χ2n) is 7.50. The number of aryl methyl sites for hydroxylation is 1. The minimum absolute atomic E-state index is 0.0155. The number of hydrogen-bond acceptors (Lipinski definition) is 5. The van der Waals surface area contributed by atoms with Crippen molar-refractivity contribution in [2.75, 3.05) is 13.7 Å². The molecule has 0 radical (unpaired) electrons. The zero-order chi connectivity index (χ0) is 21.0. The molecular weight excluding hydrogens is 504 g/mol. The molecule has 0 N–H and O–H groups in total. The van der Waals surface area contributed by atoms with Crippen LogP contribution in [0.1, 0.15) is 43.5 Å². The summed E-state index contributed by atoms with van der Waals surface area (Å²) in [4.78, 5) is 17.2. The quantitative estimate of drug-likeness (QED) is 0.335. The lowest BCUT2D eigenvalue weighted by Crippen LogP contribution is -2.33. The number of ether oxygens (including phenoxy) is 1. The Morgan fingerprint density at radius 1 is 1.31 bits per heavy atom. The number of imidazole rings is 1. The molecule has 29 heavy (non-hydrogen) atoms. The van der Waals surface area contributed by atoms with E-state index in [9.17, 15) is 10.1 Å². The average molecular weight is 530 g/mol. The molecule has 2 aromatic rings. The summed E-state index contributed by atoms with van der Waals surface area (Å²) >= 11 is 7.19. The highest BCUT2D eigenvalue weighted by atomic mass is 79.9. The van der Waals surface area contributed by atoms with Gasteiger partial charge in [-0.05, 0) is 52.9 Å². The predicted molar refractivity (Wildman–Crippen MR) is 119 cm³/mol. The fourth-order valence-electron chi connectivity index (χ4n) is 3.93. The first-order chi connectivity index (χ1) is 13.9. The monoisotopic (exact) mass is 528 g/mol. The van der Waals surface area contributed by atoms with Crippen LogP contribution in [0.3, 0.4) is 0 Å². The van der Waals surface area contributed by atoms with Gasteiger partial charge in [-0.2, -0.15) is 0 Å². The van der Waals surface area contributed by atoms with Crippen LogP contribution < -0.4 is 4.74 Å². The lowest BCUT2D eigenvalue weighted by molar-refractivity contribution is -0.392. The minimum atomic E-state index is -0.417. The lowest BCUT2D eigenvalue weighted by atomic mass is 9.94. The van der Waals surface area contributed by atoms with Crippen LogP contribution in [0.5, 0.6) is 5.75 Å². The van der Waals surface area contributed by atoms with Crippen LogP contribution in [0.4, 0.5) is 5.82 Å². The number of halogens is 2. The fraction of sp³-hybridized carbons (Fsp3) is 0.550. The van der Waals surface area contributed by atoms with Crippen molar-refractivity contribution in [3.63, 3.8) is 0 Å². The van der Waals surface area contributed by atoms with E-state index < -0.39 is 4.92 Å². The highest BCUT2D eigenvalue weighted by molar-refractivity contribution is 9.11. The smallest absolute Gasteiger partial charge is 0.342 e. The van der Waals surface area contributed by atoms with Crippen LogP contribution in [-0.4, -0.2) is 39.1 Å². The Labute approximate surface area is 187 Å². The molecule has 0 unspecified atom stereocenters. The summed E-state index contributed by atoms with van der Waals surface area (Å²) in [6, 6.07) is 4.65. The molecule has 0 spiro atoms. The molecular formula is C20H26Br2N4O3. The van der Waals surface area contributed by atoms with Crippen molar-refractivity contribution in [3.8, 4) is 5.75 Å². The number of rotatable bonds is 8. The van der Waals surface area contributed by atoms with E-state index in [0.717, 1.165) is 26.8 Å². The number of benzene rings is 1. The number of nitrogens with zero attached hydrogens (tertiary/aromatic N) is 4. The van der Waals surface area contributed by atoms with Gasteiger partial charge in [0.05, 0.1) is 4.47 Å². The lowest BCUT2D eigenvalue weighted by Gasteiger charge is -2.31. The van der Waals surface area contributed by atoms with E-state index in [1.54, 1.807) is 11.5 Å². The van der Waals surface area contributed by atoms with Gasteiger partial charge in [0.1, 0.15) is 25.1 Å². The summed E-state index contributed by atoms with van der Waals surface area (Å²) < 4.78 is 9.54. The molecule has 1 saturated carbocycles. The van der Waals surface area contributed by atoms with Crippen molar-refractivity contribution in [2.24, 2.45) is 0 Å². The first kappa shape index (κ1) is 22.2. The van der Waals surface area contributed by atoms with Gasteiger partial charge in [-0.3, -0.25) is 4.90 Å². The standard InChI is InChI=1S/C20H26Br2N4O3/c1-14-23-12-19(26(27)28)25(14)8-9-29-20-15(10-16(21)11-18(20)22)13-24(2)17-6-4-3-5-7-17/h10-12,17H,3-9,13H2,1-2H3. The molecule has 0 atom stereocenters. The van der Waals surface area contributed by atoms with Crippen molar-refractivity contribution in [1.82, 2.24) is 14.5 Å². The van der Waals surface area contributed by atoms with Gasteiger partial charge in [-0.15, -0.1) is 0 Å². The van der Waals surface area contributed by atoms with E-state index in [2.05, 4.69) is 54.9 Å². The summed E-state index contributed by atoms with van der Waals surface area (Å²) in [5.41, 5.74) is 1.09. The Kier molecular flexibility index (Phi) is 7.70. The predicted octanol–water partition coefficient (Wildman–Crippen LogP) is 5.47. The van der Waals surface area contributed by atoms with Crippen molar-refractivity contribution in [3.05, 3.63) is 48.8 Å².